The standard InChI is InChI=1S/C21H27FN4O3S.HI/c1-14-5-7-17(12-18(14)22)20(27)24-9-10-25-21(23-3)26-13-16-6-8-19(15(2)11-16)30(4,28)29;/h5-8,11-12H,9-10,13H2,1-4H3,(H,24,27)(H2,23,25,26);1H. The largest absolute Gasteiger partial charge is 0.355 e. The van der Waals surface area contributed by atoms with Crippen LogP contribution < -0.4 is 16.0 Å². The summed E-state index contributed by atoms with van der Waals surface area (Å²) in [5.74, 6) is -0.222. The molecule has 0 unspecified atom stereocenters. The zero-order valence-electron chi connectivity index (χ0n) is 18.0. The fraction of sp³-hybridized carbons (Fsp3) is 0.333. The van der Waals surface area contributed by atoms with Crippen LogP contribution >= 0.6 is 24.0 Å². The van der Waals surface area contributed by atoms with Crippen LogP contribution in [-0.2, 0) is 16.4 Å². The maximum atomic E-state index is 13.6. The second-order valence-electron chi connectivity index (χ2n) is 6.94. The molecule has 0 heterocycles. The molecule has 0 fully saturated rings. The normalized spacial score (nSPS) is 11.5. The molecule has 0 spiro atoms. The molecule has 0 aliphatic heterocycles. The lowest BCUT2D eigenvalue weighted by Crippen LogP contribution is -2.41. The minimum atomic E-state index is -3.24. The van der Waals surface area contributed by atoms with Crippen molar-refractivity contribution in [2.24, 2.45) is 4.99 Å². The summed E-state index contributed by atoms with van der Waals surface area (Å²) in [6.45, 7) is 4.61. The van der Waals surface area contributed by atoms with Gasteiger partial charge in [0.2, 0.25) is 0 Å². The first-order valence-corrected chi connectivity index (χ1v) is 11.3. The first-order chi connectivity index (χ1) is 14.1. The van der Waals surface area contributed by atoms with Gasteiger partial charge in [0, 0.05) is 38.5 Å². The molecule has 0 saturated heterocycles. The maximum absolute atomic E-state index is 13.6. The molecule has 0 aliphatic rings. The van der Waals surface area contributed by atoms with Crippen molar-refractivity contribution in [2.75, 3.05) is 26.4 Å². The summed E-state index contributed by atoms with van der Waals surface area (Å²) < 4.78 is 37.0. The van der Waals surface area contributed by atoms with Gasteiger partial charge in [-0.3, -0.25) is 9.79 Å². The number of rotatable bonds is 7. The van der Waals surface area contributed by atoms with Crippen molar-refractivity contribution in [1.82, 2.24) is 16.0 Å². The van der Waals surface area contributed by atoms with Crippen molar-refractivity contribution in [1.29, 1.82) is 0 Å². The van der Waals surface area contributed by atoms with Gasteiger partial charge < -0.3 is 16.0 Å². The second kappa shape index (κ2) is 12.0. The Labute approximate surface area is 199 Å². The fourth-order valence-electron chi connectivity index (χ4n) is 2.84. The molecule has 0 atom stereocenters. The summed E-state index contributed by atoms with van der Waals surface area (Å²) in [6, 6.07) is 9.54. The van der Waals surface area contributed by atoms with E-state index in [0.717, 1.165) is 5.56 Å². The van der Waals surface area contributed by atoms with Crippen LogP contribution in [0.25, 0.3) is 0 Å². The van der Waals surface area contributed by atoms with Crippen LogP contribution in [0.2, 0.25) is 0 Å². The summed E-state index contributed by atoms with van der Waals surface area (Å²) in [4.78, 5) is 16.5. The maximum Gasteiger partial charge on any atom is 0.251 e. The first kappa shape index (κ1) is 26.8. The quantitative estimate of drug-likeness (QED) is 0.209. The number of benzene rings is 2. The number of carbonyl (C=O) groups excluding carboxylic acids is 1. The number of nitrogens with zero attached hydrogens (tertiary/aromatic N) is 1. The number of carbonyl (C=O) groups is 1. The monoisotopic (exact) mass is 562 g/mol. The number of halogens is 2. The summed E-state index contributed by atoms with van der Waals surface area (Å²) in [5.41, 5.74) is 2.37. The first-order valence-electron chi connectivity index (χ1n) is 9.40. The van der Waals surface area contributed by atoms with Crippen molar-refractivity contribution < 1.29 is 17.6 Å². The third kappa shape index (κ3) is 8.09. The van der Waals surface area contributed by atoms with E-state index in [1.807, 2.05) is 6.07 Å². The number of nitrogens with one attached hydrogen (secondary N) is 3. The van der Waals surface area contributed by atoms with E-state index in [9.17, 15) is 17.6 Å². The number of aliphatic imine (C=N–C) groups is 1. The molecule has 10 heteroatoms. The van der Waals surface area contributed by atoms with Gasteiger partial charge in [-0.15, -0.1) is 24.0 Å². The van der Waals surface area contributed by atoms with Gasteiger partial charge in [-0.1, -0.05) is 18.2 Å². The number of hydrogen-bond acceptors (Lipinski definition) is 4. The molecule has 0 aromatic heterocycles. The van der Waals surface area contributed by atoms with Crippen LogP contribution in [-0.4, -0.2) is 46.7 Å². The van der Waals surface area contributed by atoms with E-state index < -0.39 is 15.7 Å². The number of guanidine groups is 1. The molecule has 7 nitrogen and oxygen atoms in total. The molecular formula is C21H28FIN4O3S. The summed E-state index contributed by atoms with van der Waals surface area (Å²) in [6.07, 6.45) is 1.19. The molecule has 31 heavy (non-hydrogen) atoms. The van der Waals surface area contributed by atoms with Gasteiger partial charge in [-0.05, 0) is 48.7 Å². The molecule has 3 N–H and O–H groups in total. The summed E-state index contributed by atoms with van der Waals surface area (Å²) in [5, 5.41) is 8.92. The predicted molar refractivity (Wildman–Crippen MR) is 131 cm³/mol. The lowest BCUT2D eigenvalue weighted by atomic mass is 10.1. The average Bonchev–Trinajstić information content (AvgIpc) is 2.68. The Hall–Kier alpha value is -2.21. The Morgan fingerprint density at radius 2 is 1.68 bits per heavy atom. The summed E-state index contributed by atoms with van der Waals surface area (Å²) in [7, 11) is -1.62. The third-order valence-electron chi connectivity index (χ3n) is 4.46. The number of sulfone groups is 1. The highest BCUT2D eigenvalue weighted by atomic mass is 127. The van der Waals surface area contributed by atoms with E-state index in [4.69, 9.17) is 0 Å². The van der Waals surface area contributed by atoms with Gasteiger partial charge >= 0.3 is 0 Å². The highest BCUT2D eigenvalue weighted by Crippen LogP contribution is 2.16. The smallest absolute Gasteiger partial charge is 0.251 e. The number of hydrogen-bond donors (Lipinski definition) is 3. The molecule has 0 aliphatic carbocycles. The molecule has 0 radical (unpaired) electrons. The molecule has 2 rings (SSSR count). The lowest BCUT2D eigenvalue weighted by molar-refractivity contribution is 0.0954. The Bertz CT molecular complexity index is 1060. The van der Waals surface area contributed by atoms with Crippen LogP contribution in [0.15, 0.2) is 46.3 Å². The predicted octanol–water partition coefficient (Wildman–Crippen LogP) is 2.56. The van der Waals surface area contributed by atoms with E-state index in [-0.39, 0.29) is 35.4 Å². The van der Waals surface area contributed by atoms with Gasteiger partial charge in [-0.25, -0.2) is 12.8 Å². The van der Waals surface area contributed by atoms with Crippen LogP contribution in [0.1, 0.15) is 27.0 Å². The summed E-state index contributed by atoms with van der Waals surface area (Å²) >= 11 is 0. The topological polar surface area (TPSA) is 99.7 Å². The third-order valence-corrected chi connectivity index (χ3v) is 5.72. The number of aryl methyl sites for hydroxylation is 2. The lowest BCUT2D eigenvalue weighted by Gasteiger charge is -2.13. The van der Waals surface area contributed by atoms with Gasteiger partial charge in [0.1, 0.15) is 5.82 Å². The minimum Gasteiger partial charge on any atom is -0.355 e. The van der Waals surface area contributed by atoms with Crippen molar-refractivity contribution in [3.8, 4) is 0 Å². The van der Waals surface area contributed by atoms with Crippen LogP contribution in [0.5, 0.6) is 0 Å². The van der Waals surface area contributed by atoms with E-state index in [1.54, 1.807) is 45.2 Å². The van der Waals surface area contributed by atoms with Gasteiger partial charge in [0.25, 0.3) is 5.91 Å². The van der Waals surface area contributed by atoms with E-state index in [1.165, 1.54) is 12.3 Å². The molecule has 0 bridgehead atoms. The van der Waals surface area contributed by atoms with Crippen LogP contribution in [0, 0.1) is 19.7 Å². The van der Waals surface area contributed by atoms with Crippen molar-refractivity contribution in [3.63, 3.8) is 0 Å². The fourth-order valence-corrected chi connectivity index (χ4v) is 3.80. The second-order valence-corrected chi connectivity index (χ2v) is 8.93. The van der Waals surface area contributed by atoms with Gasteiger partial charge in [0.15, 0.2) is 15.8 Å². The van der Waals surface area contributed by atoms with Crippen molar-refractivity contribution >= 4 is 45.7 Å². The Balaban J connectivity index is 0.00000480. The molecule has 2 aromatic rings. The minimum absolute atomic E-state index is 0. The van der Waals surface area contributed by atoms with Crippen LogP contribution in [0.4, 0.5) is 4.39 Å². The molecular weight excluding hydrogens is 534 g/mol. The molecule has 1 amide bonds. The zero-order valence-corrected chi connectivity index (χ0v) is 21.1. The van der Waals surface area contributed by atoms with E-state index >= 15 is 0 Å². The van der Waals surface area contributed by atoms with Crippen LogP contribution in [0.3, 0.4) is 0 Å². The molecule has 170 valence electrons. The van der Waals surface area contributed by atoms with E-state index in [2.05, 4.69) is 20.9 Å². The highest BCUT2D eigenvalue weighted by Gasteiger charge is 2.11. The van der Waals surface area contributed by atoms with Crippen molar-refractivity contribution in [2.45, 2.75) is 25.3 Å². The number of amides is 1. The molecule has 2 aromatic carbocycles. The molecule has 0 saturated carbocycles. The Kier molecular flexibility index (Phi) is 10.4. The Morgan fingerprint density at radius 3 is 2.26 bits per heavy atom. The average molecular weight is 562 g/mol. The van der Waals surface area contributed by atoms with E-state index in [0.29, 0.717) is 41.6 Å². The van der Waals surface area contributed by atoms with Gasteiger partial charge in [-0.2, -0.15) is 0 Å². The van der Waals surface area contributed by atoms with Crippen molar-refractivity contribution in [3.05, 3.63) is 64.5 Å². The zero-order chi connectivity index (χ0) is 22.3. The Morgan fingerprint density at radius 1 is 1.00 bits per heavy atom. The SMILES string of the molecule is CN=C(NCCNC(=O)c1ccc(C)c(F)c1)NCc1ccc(S(C)(=O)=O)c(C)c1.I. The highest BCUT2D eigenvalue weighted by molar-refractivity contribution is 14.0. The van der Waals surface area contributed by atoms with Gasteiger partial charge in [0.05, 0.1) is 4.90 Å².